The molecule has 1 heteroatoms. The quantitative estimate of drug-likeness (QED) is 0.627. The van der Waals surface area contributed by atoms with Crippen LogP contribution >= 0.6 is 0 Å². The van der Waals surface area contributed by atoms with Crippen molar-refractivity contribution in [3.63, 3.8) is 0 Å². The third kappa shape index (κ3) is 2.16. The van der Waals surface area contributed by atoms with E-state index in [1.165, 1.54) is 42.5 Å². The fraction of sp³-hybridized carbons (Fsp3) is 0.462. The molecule has 0 saturated carbocycles. The Bertz CT molecular complexity index is 294. The Morgan fingerprint density at radius 3 is 2.29 bits per heavy atom. The first kappa shape index (κ1) is 9.72. The SMILES string of the molecule is [CH2]c1ccc(C[N+]2(C)CCCC2)cc1. The summed E-state index contributed by atoms with van der Waals surface area (Å²) in [5.41, 5.74) is 2.56. The van der Waals surface area contributed by atoms with Gasteiger partial charge in [0.25, 0.3) is 0 Å². The minimum absolute atomic E-state index is 1.11. The van der Waals surface area contributed by atoms with Crippen molar-refractivity contribution in [3.05, 3.63) is 42.3 Å². The Morgan fingerprint density at radius 1 is 1.14 bits per heavy atom. The first-order chi connectivity index (χ1) is 6.68. The van der Waals surface area contributed by atoms with Crippen molar-refractivity contribution in [2.45, 2.75) is 19.4 Å². The number of nitrogens with zero attached hydrogens (tertiary/aromatic N) is 1. The molecule has 1 fully saturated rings. The molecule has 0 aromatic heterocycles. The largest absolute Gasteiger partial charge is 0.322 e. The van der Waals surface area contributed by atoms with E-state index in [9.17, 15) is 0 Å². The summed E-state index contributed by atoms with van der Waals surface area (Å²) < 4.78 is 1.22. The van der Waals surface area contributed by atoms with Crippen LogP contribution in [0, 0.1) is 6.92 Å². The molecule has 0 bridgehead atoms. The molecule has 2 rings (SSSR count). The maximum absolute atomic E-state index is 3.91. The van der Waals surface area contributed by atoms with Crippen molar-refractivity contribution >= 4 is 0 Å². The molecular weight excluding hydrogens is 170 g/mol. The highest BCUT2D eigenvalue weighted by molar-refractivity contribution is 5.23. The number of hydrogen-bond acceptors (Lipinski definition) is 0. The van der Waals surface area contributed by atoms with Gasteiger partial charge in [-0.15, -0.1) is 0 Å². The molecule has 14 heavy (non-hydrogen) atoms. The molecule has 1 aromatic rings. The van der Waals surface area contributed by atoms with Gasteiger partial charge in [-0.25, -0.2) is 0 Å². The van der Waals surface area contributed by atoms with Crippen LogP contribution in [-0.2, 0) is 6.54 Å². The van der Waals surface area contributed by atoms with Gasteiger partial charge in [0.15, 0.2) is 0 Å². The van der Waals surface area contributed by atoms with E-state index in [-0.39, 0.29) is 0 Å². The summed E-state index contributed by atoms with van der Waals surface area (Å²) in [6, 6.07) is 8.64. The molecule has 1 aliphatic heterocycles. The summed E-state index contributed by atoms with van der Waals surface area (Å²) in [6.07, 6.45) is 2.79. The molecule has 1 aliphatic rings. The highest BCUT2D eigenvalue weighted by atomic mass is 15.3. The Hall–Kier alpha value is -0.820. The van der Waals surface area contributed by atoms with Gasteiger partial charge in [-0.05, 0) is 12.5 Å². The van der Waals surface area contributed by atoms with Gasteiger partial charge in [0.1, 0.15) is 6.54 Å². The number of quaternary nitrogens is 1. The lowest BCUT2D eigenvalue weighted by atomic mass is 10.1. The van der Waals surface area contributed by atoms with E-state index < -0.39 is 0 Å². The molecule has 0 unspecified atom stereocenters. The highest BCUT2D eigenvalue weighted by Gasteiger charge is 2.26. The zero-order valence-electron chi connectivity index (χ0n) is 9.00. The van der Waals surface area contributed by atoms with E-state index in [4.69, 9.17) is 0 Å². The van der Waals surface area contributed by atoms with Crippen LogP contribution in [0.5, 0.6) is 0 Å². The molecule has 0 atom stereocenters. The van der Waals surface area contributed by atoms with Gasteiger partial charge >= 0.3 is 0 Å². The maximum Gasteiger partial charge on any atom is 0.104 e. The van der Waals surface area contributed by atoms with Gasteiger partial charge in [-0.3, -0.25) is 0 Å². The summed E-state index contributed by atoms with van der Waals surface area (Å²) >= 11 is 0. The fourth-order valence-electron chi connectivity index (χ4n) is 2.34. The monoisotopic (exact) mass is 189 g/mol. The van der Waals surface area contributed by atoms with Crippen molar-refractivity contribution < 1.29 is 4.48 Å². The number of hydrogen-bond donors (Lipinski definition) is 0. The second kappa shape index (κ2) is 3.74. The third-order valence-corrected chi connectivity index (χ3v) is 3.23. The van der Waals surface area contributed by atoms with Gasteiger partial charge in [-0.1, -0.05) is 24.3 Å². The molecule has 1 aromatic carbocycles. The van der Waals surface area contributed by atoms with Gasteiger partial charge < -0.3 is 4.48 Å². The van der Waals surface area contributed by atoms with Crippen molar-refractivity contribution in [1.82, 2.24) is 0 Å². The van der Waals surface area contributed by atoms with Crippen LogP contribution in [0.1, 0.15) is 24.0 Å². The van der Waals surface area contributed by atoms with Crippen LogP contribution in [0.3, 0.4) is 0 Å². The van der Waals surface area contributed by atoms with Gasteiger partial charge in [0.2, 0.25) is 0 Å². The summed E-state index contributed by atoms with van der Waals surface area (Å²) in [5.74, 6) is 0. The molecule has 0 aliphatic carbocycles. The lowest BCUT2D eigenvalue weighted by molar-refractivity contribution is -0.910. The van der Waals surface area contributed by atoms with Crippen LogP contribution < -0.4 is 0 Å². The van der Waals surface area contributed by atoms with Crippen molar-refractivity contribution in [2.75, 3.05) is 20.1 Å². The predicted molar refractivity (Wildman–Crippen MR) is 59.8 cm³/mol. The molecule has 1 nitrogen and oxygen atoms in total. The summed E-state index contributed by atoms with van der Waals surface area (Å²) in [5, 5.41) is 0. The van der Waals surface area contributed by atoms with Crippen molar-refractivity contribution in [1.29, 1.82) is 0 Å². The topological polar surface area (TPSA) is 0 Å². The molecule has 0 N–H and O–H groups in total. The van der Waals surface area contributed by atoms with E-state index in [0.29, 0.717) is 0 Å². The van der Waals surface area contributed by atoms with Crippen LogP contribution in [0.4, 0.5) is 0 Å². The van der Waals surface area contributed by atoms with Gasteiger partial charge in [0.05, 0.1) is 20.1 Å². The Labute approximate surface area is 86.9 Å². The van der Waals surface area contributed by atoms with E-state index in [1.54, 1.807) is 0 Å². The third-order valence-electron chi connectivity index (χ3n) is 3.23. The zero-order valence-corrected chi connectivity index (χ0v) is 9.00. The average Bonchev–Trinajstić information content (AvgIpc) is 2.57. The molecule has 1 heterocycles. The van der Waals surface area contributed by atoms with Crippen LogP contribution in [-0.4, -0.2) is 24.6 Å². The minimum Gasteiger partial charge on any atom is -0.322 e. The molecule has 0 spiro atoms. The lowest BCUT2D eigenvalue weighted by Gasteiger charge is -2.29. The average molecular weight is 189 g/mol. The van der Waals surface area contributed by atoms with Crippen LogP contribution in [0.25, 0.3) is 0 Å². The molecule has 1 radical (unpaired) electrons. The lowest BCUT2D eigenvalue weighted by Crippen LogP contribution is -2.39. The normalized spacial score (nSPS) is 19.9. The van der Waals surface area contributed by atoms with E-state index in [0.717, 1.165) is 5.56 Å². The predicted octanol–water partition coefficient (Wildman–Crippen LogP) is 2.61. The number of rotatable bonds is 2. The van der Waals surface area contributed by atoms with E-state index >= 15 is 0 Å². The van der Waals surface area contributed by atoms with Gasteiger partial charge in [0, 0.05) is 18.4 Å². The summed E-state index contributed by atoms with van der Waals surface area (Å²) in [7, 11) is 2.37. The van der Waals surface area contributed by atoms with E-state index in [1.807, 2.05) is 0 Å². The molecule has 0 amide bonds. The second-order valence-electron chi connectivity index (χ2n) is 4.75. The number of likely N-dealkylation sites (tertiary alicyclic amines) is 1. The molecule has 1 saturated heterocycles. The standard InChI is InChI=1S/C13H19N/c1-12-5-7-13(8-6-12)11-14(2)9-3-4-10-14/h5-8H,1,3-4,9-11H2,2H3/q+1. The van der Waals surface area contributed by atoms with Crippen LogP contribution in [0.15, 0.2) is 24.3 Å². The summed E-state index contributed by atoms with van der Waals surface area (Å²) in [6.45, 7) is 7.77. The Kier molecular flexibility index (Phi) is 2.60. The van der Waals surface area contributed by atoms with Gasteiger partial charge in [-0.2, -0.15) is 0 Å². The van der Waals surface area contributed by atoms with Crippen LogP contribution in [0.2, 0.25) is 0 Å². The number of benzene rings is 1. The highest BCUT2D eigenvalue weighted by Crippen LogP contribution is 2.20. The maximum atomic E-state index is 3.91. The van der Waals surface area contributed by atoms with Crippen molar-refractivity contribution in [2.24, 2.45) is 0 Å². The minimum atomic E-state index is 1.11. The van der Waals surface area contributed by atoms with E-state index in [2.05, 4.69) is 38.2 Å². The molecular formula is C13H19N+. The zero-order chi connectivity index (χ0) is 10.0. The summed E-state index contributed by atoms with van der Waals surface area (Å²) in [4.78, 5) is 0. The smallest absolute Gasteiger partial charge is 0.104 e. The first-order valence-electron chi connectivity index (χ1n) is 5.42. The van der Waals surface area contributed by atoms with Crippen molar-refractivity contribution in [3.8, 4) is 0 Å². The second-order valence-corrected chi connectivity index (χ2v) is 4.75. The molecule has 75 valence electrons. The fourth-order valence-corrected chi connectivity index (χ4v) is 2.34. The Morgan fingerprint density at radius 2 is 1.71 bits per heavy atom. The Balaban J connectivity index is 2.06. The first-order valence-corrected chi connectivity index (χ1v) is 5.42.